The SMILES string of the molecule is CC(=O)c1ccc(NC(=O)C[C@@H](C)n2nc(C)c(C)c2C)cc1. The summed E-state index contributed by atoms with van der Waals surface area (Å²) in [7, 11) is 0. The average molecular weight is 313 g/mol. The number of aryl methyl sites for hydroxylation is 1. The number of amides is 1. The summed E-state index contributed by atoms with van der Waals surface area (Å²) in [6, 6.07) is 6.90. The fourth-order valence-corrected chi connectivity index (χ4v) is 2.53. The molecule has 0 aliphatic rings. The van der Waals surface area contributed by atoms with E-state index in [4.69, 9.17) is 0 Å². The highest BCUT2D eigenvalue weighted by atomic mass is 16.1. The van der Waals surface area contributed by atoms with Crippen LogP contribution in [0.15, 0.2) is 24.3 Å². The molecule has 0 saturated heterocycles. The van der Waals surface area contributed by atoms with Crippen LogP contribution in [0.1, 0.15) is 53.6 Å². The minimum Gasteiger partial charge on any atom is -0.326 e. The van der Waals surface area contributed by atoms with E-state index in [9.17, 15) is 9.59 Å². The van der Waals surface area contributed by atoms with Gasteiger partial charge in [-0.2, -0.15) is 5.10 Å². The minimum absolute atomic E-state index is 0.0106. The molecule has 2 aromatic rings. The second-order valence-electron chi connectivity index (χ2n) is 5.98. The monoisotopic (exact) mass is 313 g/mol. The first-order valence-electron chi connectivity index (χ1n) is 7.72. The largest absolute Gasteiger partial charge is 0.326 e. The lowest BCUT2D eigenvalue weighted by Crippen LogP contribution is -2.19. The number of nitrogens with one attached hydrogen (secondary N) is 1. The highest BCUT2D eigenvalue weighted by molar-refractivity contribution is 5.95. The molecule has 0 unspecified atom stereocenters. The molecule has 1 aromatic heterocycles. The van der Waals surface area contributed by atoms with Crippen molar-refractivity contribution in [1.29, 1.82) is 0 Å². The Hall–Kier alpha value is -2.43. The zero-order valence-electron chi connectivity index (χ0n) is 14.3. The highest BCUT2D eigenvalue weighted by Crippen LogP contribution is 2.19. The zero-order valence-corrected chi connectivity index (χ0v) is 14.3. The first-order chi connectivity index (χ1) is 10.8. The summed E-state index contributed by atoms with van der Waals surface area (Å²) in [5, 5.41) is 7.36. The van der Waals surface area contributed by atoms with Crippen LogP contribution in [-0.2, 0) is 4.79 Å². The number of anilines is 1. The van der Waals surface area contributed by atoms with Crippen LogP contribution in [0.3, 0.4) is 0 Å². The van der Waals surface area contributed by atoms with Gasteiger partial charge in [-0.25, -0.2) is 0 Å². The van der Waals surface area contributed by atoms with E-state index >= 15 is 0 Å². The van der Waals surface area contributed by atoms with Gasteiger partial charge in [-0.1, -0.05) is 0 Å². The molecule has 0 bridgehead atoms. The van der Waals surface area contributed by atoms with Gasteiger partial charge >= 0.3 is 0 Å². The number of hydrogen-bond acceptors (Lipinski definition) is 3. The first-order valence-corrected chi connectivity index (χ1v) is 7.72. The quantitative estimate of drug-likeness (QED) is 0.858. The average Bonchev–Trinajstić information content (AvgIpc) is 2.75. The second-order valence-corrected chi connectivity index (χ2v) is 5.98. The molecule has 1 amide bonds. The molecule has 1 atom stereocenters. The van der Waals surface area contributed by atoms with Crippen molar-refractivity contribution in [3.05, 3.63) is 46.8 Å². The Morgan fingerprint density at radius 2 is 1.78 bits per heavy atom. The molecule has 0 fully saturated rings. The summed E-state index contributed by atoms with van der Waals surface area (Å²) >= 11 is 0. The van der Waals surface area contributed by atoms with E-state index in [0.29, 0.717) is 17.7 Å². The molecule has 1 aromatic carbocycles. The van der Waals surface area contributed by atoms with Crippen molar-refractivity contribution >= 4 is 17.4 Å². The number of nitrogens with zero attached hydrogens (tertiary/aromatic N) is 2. The van der Waals surface area contributed by atoms with Gasteiger partial charge < -0.3 is 5.32 Å². The molecule has 0 radical (unpaired) electrons. The van der Waals surface area contributed by atoms with E-state index in [-0.39, 0.29) is 17.7 Å². The fourth-order valence-electron chi connectivity index (χ4n) is 2.53. The van der Waals surface area contributed by atoms with Crippen LogP contribution >= 0.6 is 0 Å². The fraction of sp³-hybridized carbons (Fsp3) is 0.389. The Balaban J connectivity index is 2.01. The number of carbonyl (C=O) groups is 2. The van der Waals surface area contributed by atoms with E-state index < -0.39 is 0 Å². The van der Waals surface area contributed by atoms with Gasteiger partial charge in [-0.05, 0) is 64.4 Å². The standard InChI is InChI=1S/C18H23N3O2/c1-11(21-14(4)12(2)13(3)20-21)10-18(23)19-17-8-6-16(7-9-17)15(5)22/h6-9,11H,10H2,1-5H3,(H,19,23)/t11-/m1/s1. The van der Waals surface area contributed by atoms with Gasteiger partial charge in [0.25, 0.3) is 0 Å². The number of rotatable bonds is 5. The summed E-state index contributed by atoms with van der Waals surface area (Å²) in [5.74, 6) is -0.0605. The first kappa shape index (κ1) is 16.9. The third kappa shape index (κ3) is 3.86. The molecule has 5 nitrogen and oxygen atoms in total. The number of aromatic nitrogens is 2. The number of benzene rings is 1. The Kier molecular flexibility index (Phi) is 4.98. The smallest absolute Gasteiger partial charge is 0.226 e. The van der Waals surface area contributed by atoms with Crippen LogP contribution in [-0.4, -0.2) is 21.5 Å². The number of Topliss-reactive ketones (excluding diaryl/α,β-unsaturated/α-hetero) is 1. The van der Waals surface area contributed by atoms with Gasteiger partial charge in [-0.3, -0.25) is 14.3 Å². The van der Waals surface area contributed by atoms with Crippen LogP contribution in [0, 0.1) is 20.8 Å². The van der Waals surface area contributed by atoms with Crippen LogP contribution in [0.2, 0.25) is 0 Å². The molecular formula is C18H23N3O2. The number of carbonyl (C=O) groups excluding carboxylic acids is 2. The third-order valence-corrected chi connectivity index (χ3v) is 4.16. The van der Waals surface area contributed by atoms with Crippen molar-refractivity contribution in [2.24, 2.45) is 0 Å². The molecule has 0 saturated carbocycles. The third-order valence-electron chi connectivity index (χ3n) is 4.16. The van der Waals surface area contributed by atoms with Crippen LogP contribution in [0.4, 0.5) is 5.69 Å². The van der Waals surface area contributed by atoms with Gasteiger partial charge in [0.15, 0.2) is 5.78 Å². The summed E-state index contributed by atoms with van der Waals surface area (Å²) in [5.41, 5.74) is 4.58. The van der Waals surface area contributed by atoms with E-state index in [1.165, 1.54) is 6.92 Å². The minimum atomic E-state index is -0.0710. The van der Waals surface area contributed by atoms with Gasteiger partial charge in [0.1, 0.15) is 0 Å². The van der Waals surface area contributed by atoms with Crippen molar-refractivity contribution in [2.45, 2.75) is 47.1 Å². The lowest BCUT2D eigenvalue weighted by Gasteiger charge is -2.14. The van der Waals surface area contributed by atoms with Gasteiger partial charge in [0.2, 0.25) is 5.91 Å². The van der Waals surface area contributed by atoms with E-state index in [1.807, 2.05) is 32.4 Å². The summed E-state index contributed by atoms with van der Waals surface area (Å²) in [6.45, 7) is 9.53. The Morgan fingerprint density at radius 3 is 2.26 bits per heavy atom. The molecule has 5 heteroatoms. The van der Waals surface area contributed by atoms with Gasteiger partial charge in [-0.15, -0.1) is 0 Å². The van der Waals surface area contributed by atoms with Gasteiger partial charge in [0.05, 0.1) is 11.7 Å². The molecule has 1 N–H and O–H groups in total. The molecule has 0 aliphatic heterocycles. The number of hydrogen-bond donors (Lipinski definition) is 1. The topological polar surface area (TPSA) is 64.0 Å². The molecule has 0 spiro atoms. The lowest BCUT2D eigenvalue weighted by molar-refractivity contribution is -0.116. The maximum Gasteiger partial charge on any atom is 0.226 e. The molecule has 0 aliphatic carbocycles. The molecule has 122 valence electrons. The second kappa shape index (κ2) is 6.77. The van der Waals surface area contributed by atoms with E-state index in [2.05, 4.69) is 10.4 Å². The Labute approximate surface area is 136 Å². The maximum absolute atomic E-state index is 12.2. The molecule has 23 heavy (non-hydrogen) atoms. The molecule has 1 heterocycles. The molecule has 2 rings (SSSR count). The van der Waals surface area contributed by atoms with Crippen molar-refractivity contribution in [2.75, 3.05) is 5.32 Å². The van der Waals surface area contributed by atoms with Crippen molar-refractivity contribution < 1.29 is 9.59 Å². The molecular weight excluding hydrogens is 290 g/mol. The predicted octanol–water partition coefficient (Wildman–Crippen LogP) is 3.60. The number of ketones is 1. The predicted molar refractivity (Wildman–Crippen MR) is 90.8 cm³/mol. The van der Waals surface area contributed by atoms with E-state index in [1.54, 1.807) is 24.3 Å². The Morgan fingerprint density at radius 1 is 1.17 bits per heavy atom. The summed E-state index contributed by atoms with van der Waals surface area (Å²) < 4.78 is 1.91. The Bertz CT molecular complexity index is 729. The van der Waals surface area contributed by atoms with Crippen molar-refractivity contribution in [1.82, 2.24) is 9.78 Å². The summed E-state index contributed by atoms with van der Waals surface area (Å²) in [6.07, 6.45) is 0.343. The normalized spacial score (nSPS) is 12.0. The van der Waals surface area contributed by atoms with E-state index in [0.717, 1.165) is 17.0 Å². The van der Waals surface area contributed by atoms with Crippen LogP contribution < -0.4 is 5.32 Å². The zero-order chi connectivity index (χ0) is 17.1. The summed E-state index contributed by atoms with van der Waals surface area (Å²) in [4.78, 5) is 23.4. The van der Waals surface area contributed by atoms with Crippen LogP contribution in [0.5, 0.6) is 0 Å². The van der Waals surface area contributed by atoms with Crippen LogP contribution in [0.25, 0.3) is 0 Å². The maximum atomic E-state index is 12.2. The van der Waals surface area contributed by atoms with Crippen molar-refractivity contribution in [3.8, 4) is 0 Å². The van der Waals surface area contributed by atoms with Crippen molar-refractivity contribution in [3.63, 3.8) is 0 Å². The van der Waals surface area contributed by atoms with Gasteiger partial charge in [0, 0.05) is 23.4 Å². The highest BCUT2D eigenvalue weighted by Gasteiger charge is 2.16. The lowest BCUT2D eigenvalue weighted by atomic mass is 10.1.